The van der Waals surface area contributed by atoms with E-state index >= 15 is 0 Å². The van der Waals surface area contributed by atoms with E-state index in [4.69, 9.17) is 24.2 Å². The fourth-order valence-corrected chi connectivity index (χ4v) is 6.24. The second-order valence-electron chi connectivity index (χ2n) is 10.5. The number of halogens is 1. The monoisotopic (exact) mass is 701 g/mol. The Morgan fingerprint density at radius 1 is 0.977 bits per heavy atom. The number of amides is 1. The van der Waals surface area contributed by atoms with Crippen LogP contribution in [0, 0.1) is 0 Å². The molecule has 0 bridgehead atoms. The number of hydrogen-bond acceptors (Lipinski definition) is 9. The Bertz CT molecular complexity index is 1530. The van der Waals surface area contributed by atoms with E-state index in [9.17, 15) is 4.79 Å². The van der Waals surface area contributed by atoms with Crippen LogP contribution in [0.5, 0.6) is 5.75 Å². The van der Waals surface area contributed by atoms with Crippen molar-refractivity contribution >= 4 is 62.2 Å². The fraction of sp³-hybridized carbons (Fsp3) is 0.438. The number of hydrogen-bond donors (Lipinski definition) is 0. The van der Waals surface area contributed by atoms with E-state index in [2.05, 4.69) is 53.2 Å². The van der Waals surface area contributed by atoms with E-state index in [1.807, 2.05) is 53.9 Å². The molecule has 0 aromatic carbocycles. The van der Waals surface area contributed by atoms with Crippen molar-refractivity contribution in [2.45, 2.75) is 51.8 Å². The van der Waals surface area contributed by atoms with Crippen LogP contribution >= 0.6 is 39.5 Å². The van der Waals surface area contributed by atoms with Crippen LogP contribution in [0.2, 0.25) is 0 Å². The Hall–Kier alpha value is -2.64. The van der Waals surface area contributed by atoms with E-state index in [0.717, 1.165) is 49.5 Å². The fourth-order valence-electron chi connectivity index (χ4n) is 4.55. The SMILES string of the molecule is COc1ccc(-c2c(-c3ccnc(N(COCCSC(C)C)C(C)=O)c3)n(COCCSC(C)C)c3cc(Br)cnc23)nc1. The highest BCUT2D eigenvalue weighted by Gasteiger charge is 2.24. The molecule has 0 unspecified atom stereocenters. The molecular weight excluding hydrogens is 662 g/mol. The second kappa shape index (κ2) is 16.6. The number of anilines is 1. The highest BCUT2D eigenvalue weighted by molar-refractivity contribution is 9.10. The minimum atomic E-state index is -0.152. The summed E-state index contributed by atoms with van der Waals surface area (Å²) < 4.78 is 20.5. The minimum Gasteiger partial charge on any atom is -0.495 e. The van der Waals surface area contributed by atoms with Crippen molar-refractivity contribution in [2.75, 3.05) is 43.5 Å². The number of nitrogens with zero attached hydrogens (tertiary/aromatic N) is 5. The molecule has 0 spiro atoms. The molecule has 44 heavy (non-hydrogen) atoms. The van der Waals surface area contributed by atoms with Gasteiger partial charge in [0.25, 0.3) is 0 Å². The smallest absolute Gasteiger partial charge is 0.226 e. The van der Waals surface area contributed by atoms with Crippen LogP contribution in [-0.4, -0.2) is 74.5 Å². The first kappa shape index (κ1) is 34.2. The largest absolute Gasteiger partial charge is 0.495 e. The van der Waals surface area contributed by atoms with E-state index in [0.29, 0.717) is 42.0 Å². The molecule has 4 rings (SSSR count). The van der Waals surface area contributed by atoms with Crippen molar-refractivity contribution < 1.29 is 19.0 Å². The number of carbonyl (C=O) groups excluding carboxylic acids is 1. The van der Waals surface area contributed by atoms with E-state index in [1.165, 1.54) is 6.92 Å². The van der Waals surface area contributed by atoms with Gasteiger partial charge in [0.1, 0.15) is 25.0 Å². The summed E-state index contributed by atoms with van der Waals surface area (Å²) in [5, 5.41) is 1.06. The molecular formula is C32H40BrN5O4S2. The molecule has 0 radical (unpaired) electrons. The quantitative estimate of drug-likeness (QED) is 0.0869. The lowest BCUT2D eigenvalue weighted by atomic mass is 10.0. The first-order chi connectivity index (χ1) is 21.2. The van der Waals surface area contributed by atoms with Crippen LogP contribution in [0.1, 0.15) is 34.6 Å². The molecule has 0 saturated carbocycles. The van der Waals surface area contributed by atoms with Crippen molar-refractivity contribution in [3.63, 3.8) is 0 Å². The zero-order valence-electron chi connectivity index (χ0n) is 26.1. The van der Waals surface area contributed by atoms with Gasteiger partial charge in [-0.05, 0) is 56.8 Å². The summed E-state index contributed by atoms with van der Waals surface area (Å²) in [7, 11) is 1.62. The molecule has 0 aliphatic rings. The number of ether oxygens (including phenoxy) is 3. The van der Waals surface area contributed by atoms with Gasteiger partial charge >= 0.3 is 0 Å². The molecule has 0 aliphatic carbocycles. The average molecular weight is 703 g/mol. The third kappa shape index (κ3) is 8.97. The molecule has 0 atom stereocenters. The van der Waals surface area contributed by atoms with Gasteiger partial charge in [-0.1, -0.05) is 27.7 Å². The van der Waals surface area contributed by atoms with Gasteiger partial charge in [-0.15, -0.1) is 0 Å². The average Bonchev–Trinajstić information content (AvgIpc) is 3.31. The lowest BCUT2D eigenvalue weighted by Crippen LogP contribution is -2.32. The molecule has 1 amide bonds. The summed E-state index contributed by atoms with van der Waals surface area (Å²) in [6.45, 7) is 11.8. The Morgan fingerprint density at radius 3 is 2.34 bits per heavy atom. The number of carbonyl (C=O) groups is 1. The number of methoxy groups -OCH3 is 1. The van der Waals surface area contributed by atoms with Gasteiger partial charge < -0.3 is 18.8 Å². The second-order valence-corrected chi connectivity index (χ2v) is 14.8. The molecule has 0 saturated heterocycles. The maximum absolute atomic E-state index is 12.7. The third-order valence-electron chi connectivity index (χ3n) is 6.57. The van der Waals surface area contributed by atoms with E-state index in [-0.39, 0.29) is 12.6 Å². The summed E-state index contributed by atoms with van der Waals surface area (Å²) in [6.07, 6.45) is 5.20. The van der Waals surface area contributed by atoms with Crippen molar-refractivity contribution in [3.05, 3.63) is 53.4 Å². The number of thioether (sulfide) groups is 2. The third-order valence-corrected chi connectivity index (χ3v) is 9.14. The Labute approximate surface area is 276 Å². The molecule has 9 nitrogen and oxygen atoms in total. The van der Waals surface area contributed by atoms with Gasteiger partial charge in [-0.2, -0.15) is 23.5 Å². The summed E-state index contributed by atoms with van der Waals surface area (Å²) in [5.74, 6) is 2.76. The zero-order chi connectivity index (χ0) is 31.6. The van der Waals surface area contributed by atoms with Gasteiger partial charge in [-0.3, -0.25) is 19.7 Å². The highest BCUT2D eigenvalue weighted by Crippen LogP contribution is 2.41. The molecule has 4 aromatic heterocycles. The van der Waals surface area contributed by atoms with E-state index in [1.54, 1.807) is 30.6 Å². The number of rotatable bonds is 16. The predicted molar refractivity (Wildman–Crippen MR) is 186 cm³/mol. The van der Waals surface area contributed by atoms with Gasteiger partial charge in [0, 0.05) is 40.9 Å². The van der Waals surface area contributed by atoms with Crippen LogP contribution in [-0.2, 0) is 21.0 Å². The van der Waals surface area contributed by atoms with Crippen LogP contribution in [0.4, 0.5) is 5.82 Å². The lowest BCUT2D eigenvalue weighted by molar-refractivity contribution is -0.117. The maximum Gasteiger partial charge on any atom is 0.226 e. The van der Waals surface area contributed by atoms with Gasteiger partial charge in [-0.25, -0.2) is 4.98 Å². The Morgan fingerprint density at radius 2 is 1.70 bits per heavy atom. The van der Waals surface area contributed by atoms with E-state index < -0.39 is 0 Å². The summed E-state index contributed by atoms with van der Waals surface area (Å²) in [5.41, 5.74) is 4.98. The van der Waals surface area contributed by atoms with Crippen molar-refractivity contribution in [2.24, 2.45) is 0 Å². The van der Waals surface area contributed by atoms with Crippen LogP contribution in [0.15, 0.2) is 53.4 Å². The van der Waals surface area contributed by atoms with Crippen molar-refractivity contribution in [1.82, 2.24) is 19.5 Å². The first-order valence-electron chi connectivity index (χ1n) is 14.5. The molecule has 0 N–H and O–H groups in total. The lowest BCUT2D eigenvalue weighted by Gasteiger charge is -2.21. The molecule has 236 valence electrons. The molecule has 0 fully saturated rings. The molecule has 12 heteroatoms. The van der Waals surface area contributed by atoms with Crippen molar-refractivity contribution in [3.8, 4) is 28.3 Å². The van der Waals surface area contributed by atoms with Crippen LogP contribution < -0.4 is 9.64 Å². The van der Waals surface area contributed by atoms with Gasteiger partial charge in [0.05, 0.1) is 54.5 Å². The van der Waals surface area contributed by atoms with Crippen molar-refractivity contribution in [1.29, 1.82) is 0 Å². The normalized spacial score (nSPS) is 11.6. The first-order valence-corrected chi connectivity index (χ1v) is 17.4. The number of aromatic nitrogens is 4. The zero-order valence-corrected chi connectivity index (χ0v) is 29.3. The molecule has 4 heterocycles. The Kier molecular flexibility index (Phi) is 12.9. The maximum atomic E-state index is 12.7. The number of pyridine rings is 3. The van der Waals surface area contributed by atoms with Gasteiger partial charge in [0.15, 0.2) is 0 Å². The van der Waals surface area contributed by atoms with Gasteiger partial charge in [0.2, 0.25) is 5.91 Å². The topological polar surface area (TPSA) is 91.6 Å². The van der Waals surface area contributed by atoms with Crippen LogP contribution in [0.3, 0.4) is 0 Å². The highest BCUT2D eigenvalue weighted by atomic mass is 79.9. The Balaban J connectivity index is 1.79. The standard InChI is InChI=1S/C32H40BrN5O4S2/c1-21(2)43-13-11-41-19-37(23(5)39)29-15-24(9-10-34-29)32-30(27-8-7-26(40-6)18-35-27)31-28(16-25(33)17-36-31)38(32)20-42-12-14-44-22(3)4/h7-10,15-18,21-22H,11-14,19-20H2,1-6H3. The minimum absolute atomic E-state index is 0.117. The predicted octanol–water partition coefficient (Wildman–Crippen LogP) is 7.52. The summed E-state index contributed by atoms with van der Waals surface area (Å²) >= 11 is 7.29. The number of fused-ring (bicyclic) bond motifs is 1. The summed E-state index contributed by atoms with van der Waals surface area (Å²) in [6, 6.07) is 9.70. The van der Waals surface area contributed by atoms with Crippen LogP contribution in [0.25, 0.3) is 33.5 Å². The molecule has 0 aliphatic heterocycles. The molecule has 4 aromatic rings. The summed E-state index contributed by atoms with van der Waals surface area (Å²) in [4.78, 5) is 28.4.